The van der Waals surface area contributed by atoms with Crippen LogP contribution in [0.4, 0.5) is 0 Å². The van der Waals surface area contributed by atoms with Crippen molar-refractivity contribution in [2.45, 2.75) is 39.5 Å². The van der Waals surface area contributed by atoms with Crippen LogP contribution in [0.2, 0.25) is 0 Å². The number of carbonyl (C=O) groups excluding carboxylic acids is 1. The van der Waals surface area contributed by atoms with E-state index < -0.39 is 0 Å². The van der Waals surface area contributed by atoms with Gasteiger partial charge in [-0.25, -0.2) is 5.43 Å². The SMILES string of the molecule is CCCCCCOc1ccccc1C=NNC(=O)c1cc(C)nc2ccccc12. The van der Waals surface area contributed by atoms with Gasteiger partial charge in [0.1, 0.15) is 5.75 Å². The minimum atomic E-state index is -0.263. The molecule has 1 aromatic heterocycles. The van der Waals surface area contributed by atoms with E-state index in [-0.39, 0.29) is 5.91 Å². The molecule has 5 heteroatoms. The maximum absolute atomic E-state index is 12.7. The molecule has 3 aromatic rings. The number of hydrogen-bond donors (Lipinski definition) is 1. The average Bonchev–Trinajstić information content (AvgIpc) is 2.74. The zero-order valence-electron chi connectivity index (χ0n) is 17.0. The van der Waals surface area contributed by atoms with Gasteiger partial charge in [-0.15, -0.1) is 0 Å². The van der Waals surface area contributed by atoms with E-state index in [9.17, 15) is 4.79 Å². The third-order valence-corrected chi connectivity index (χ3v) is 4.63. The fourth-order valence-electron chi connectivity index (χ4n) is 3.15. The zero-order valence-corrected chi connectivity index (χ0v) is 17.0. The predicted molar refractivity (Wildman–Crippen MR) is 118 cm³/mol. The van der Waals surface area contributed by atoms with Gasteiger partial charge in [0.25, 0.3) is 5.91 Å². The van der Waals surface area contributed by atoms with Crippen LogP contribution >= 0.6 is 0 Å². The lowest BCUT2D eigenvalue weighted by Crippen LogP contribution is -2.18. The van der Waals surface area contributed by atoms with E-state index in [0.717, 1.165) is 34.3 Å². The molecule has 1 N–H and O–H groups in total. The second-order valence-corrected chi connectivity index (χ2v) is 6.97. The molecular formula is C24H27N3O2. The number of rotatable bonds is 9. The minimum absolute atomic E-state index is 0.263. The molecule has 0 saturated carbocycles. The first-order valence-corrected chi connectivity index (χ1v) is 10.1. The molecule has 0 aliphatic rings. The number of benzene rings is 2. The van der Waals surface area contributed by atoms with Crippen molar-refractivity contribution in [1.29, 1.82) is 0 Å². The van der Waals surface area contributed by atoms with Crippen LogP contribution in [0.1, 0.15) is 54.2 Å². The normalized spacial score (nSPS) is 11.1. The van der Waals surface area contributed by atoms with E-state index >= 15 is 0 Å². The first-order valence-electron chi connectivity index (χ1n) is 10.1. The average molecular weight is 389 g/mol. The van der Waals surface area contributed by atoms with Crippen molar-refractivity contribution in [3.8, 4) is 5.75 Å². The Morgan fingerprint density at radius 1 is 1.10 bits per heavy atom. The molecule has 1 heterocycles. The topological polar surface area (TPSA) is 63.6 Å². The second kappa shape index (κ2) is 10.4. The molecule has 1 amide bonds. The van der Waals surface area contributed by atoms with E-state index in [1.165, 1.54) is 19.3 Å². The van der Waals surface area contributed by atoms with Gasteiger partial charge in [0.2, 0.25) is 0 Å². The third-order valence-electron chi connectivity index (χ3n) is 4.63. The highest BCUT2D eigenvalue weighted by molar-refractivity contribution is 6.06. The Balaban J connectivity index is 1.67. The summed E-state index contributed by atoms with van der Waals surface area (Å²) in [4.78, 5) is 17.1. The van der Waals surface area contributed by atoms with E-state index in [4.69, 9.17) is 4.74 Å². The quantitative estimate of drug-likeness (QED) is 0.308. The lowest BCUT2D eigenvalue weighted by Gasteiger charge is -2.09. The molecule has 150 valence electrons. The van der Waals surface area contributed by atoms with E-state index in [0.29, 0.717) is 12.2 Å². The molecule has 29 heavy (non-hydrogen) atoms. The molecule has 0 saturated heterocycles. The van der Waals surface area contributed by atoms with E-state index in [1.54, 1.807) is 12.3 Å². The fourth-order valence-corrected chi connectivity index (χ4v) is 3.15. The van der Waals surface area contributed by atoms with Gasteiger partial charge < -0.3 is 4.74 Å². The number of pyridine rings is 1. The predicted octanol–water partition coefficient (Wildman–Crippen LogP) is 5.27. The van der Waals surface area contributed by atoms with Crippen molar-refractivity contribution >= 4 is 23.0 Å². The summed E-state index contributed by atoms with van der Waals surface area (Å²) in [7, 11) is 0. The van der Waals surface area contributed by atoms with Crippen molar-refractivity contribution in [2.75, 3.05) is 6.61 Å². The summed E-state index contributed by atoms with van der Waals surface area (Å²) < 4.78 is 5.89. The van der Waals surface area contributed by atoms with Gasteiger partial charge in [0.15, 0.2) is 0 Å². The first kappa shape index (κ1) is 20.5. The molecule has 0 aliphatic carbocycles. The van der Waals surface area contributed by atoms with Gasteiger partial charge in [-0.2, -0.15) is 5.10 Å². The largest absolute Gasteiger partial charge is 0.493 e. The van der Waals surface area contributed by atoms with Gasteiger partial charge in [-0.1, -0.05) is 56.5 Å². The van der Waals surface area contributed by atoms with Crippen LogP contribution in [0.15, 0.2) is 59.7 Å². The standard InChI is InChI=1S/C24H27N3O2/c1-3-4-5-10-15-29-23-14-9-6-11-19(23)17-25-27-24(28)21-16-18(2)26-22-13-8-7-12-20(21)22/h6-9,11-14,16-17H,3-5,10,15H2,1-2H3,(H,27,28). The molecule has 5 nitrogen and oxygen atoms in total. The van der Waals surface area contributed by atoms with Gasteiger partial charge in [-0.3, -0.25) is 9.78 Å². The van der Waals surface area contributed by atoms with Gasteiger partial charge in [0.05, 0.1) is 23.9 Å². The minimum Gasteiger partial charge on any atom is -0.493 e. The maximum Gasteiger partial charge on any atom is 0.272 e. The molecule has 2 aromatic carbocycles. The Labute approximate surface area is 171 Å². The molecule has 0 atom stereocenters. The number of carbonyl (C=O) groups is 1. The second-order valence-electron chi connectivity index (χ2n) is 6.97. The summed E-state index contributed by atoms with van der Waals surface area (Å²) in [6.07, 6.45) is 6.25. The number of para-hydroxylation sites is 2. The number of hydrogen-bond acceptors (Lipinski definition) is 4. The smallest absolute Gasteiger partial charge is 0.272 e. The molecule has 0 bridgehead atoms. The molecule has 0 aliphatic heterocycles. The number of aromatic nitrogens is 1. The van der Waals surface area contributed by atoms with Crippen molar-refractivity contribution in [3.05, 3.63) is 71.4 Å². The number of ether oxygens (including phenoxy) is 1. The highest BCUT2D eigenvalue weighted by Crippen LogP contribution is 2.19. The highest BCUT2D eigenvalue weighted by atomic mass is 16.5. The lowest BCUT2D eigenvalue weighted by atomic mass is 10.1. The Hall–Kier alpha value is -3.21. The van der Waals surface area contributed by atoms with Crippen molar-refractivity contribution in [2.24, 2.45) is 5.10 Å². The number of nitrogens with zero attached hydrogens (tertiary/aromatic N) is 2. The van der Waals surface area contributed by atoms with Crippen LogP contribution in [0.25, 0.3) is 10.9 Å². The first-order chi connectivity index (χ1) is 14.2. The Morgan fingerprint density at radius 3 is 2.76 bits per heavy atom. The zero-order chi connectivity index (χ0) is 20.5. The molecule has 0 radical (unpaired) electrons. The summed E-state index contributed by atoms with van der Waals surface area (Å²) in [6.45, 7) is 4.75. The maximum atomic E-state index is 12.7. The molecule has 0 fully saturated rings. The van der Waals surface area contributed by atoms with E-state index in [1.807, 2.05) is 55.5 Å². The molecule has 0 unspecified atom stereocenters. The number of fused-ring (bicyclic) bond motifs is 1. The third kappa shape index (κ3) is 5.64. The van der Waals surface area contributed by atoms with Crippen LogP contribution in [0.5, 0.6) is 5.75 Å². The van der Waals surface area contributed by atoms with E-state index in [2.05, 4.69) is 22.4 Å². The van der Waals surface area contributed by atoms with Crippen LogP contribution in [-0.2, 0) is 0 Å². The van der Waals surface area contributed by atoms with Crippen molar-refractivity contribution in [3.63, 3.8) is 0 Å². The van der Waals surface area contributed by atoms with Gasteiger partial charge >= 0.3 is 0 Å². The summed E-state index contributed by atoms with van der Waals surface area (Å²) in [5.74, 6) is 0.508. The number of unbranched alkanes of at least 4 members (excludes halogenated alkanes) is 3. The van der Waals surface area contributed by atoms with Gasteiger partial charge in [-0.05, 0) is 37.6 Å². The molecular weight excluding hydrogens is 362 g/mol. The fraction of sp³-hybridized carbons (Fsp3) is 0.292. The van der Waals surface area contributed by atoms with Gasteiger partial charge in [0, 0.05) is 16.6 Å². The number of aryl methyl sites for hydroxylation is 1. The Bertz CT molecular complexity index is 998. The molecule has 3 rings (SSSR count). The summed E-state index contributed by atoms with van der Waals surface area (Å²) >= 11 is 0. The summed E-state index contributed by atoms with van der Waals surface area (Å²) in [6, 6.07) is 17.1. The highest BCUT2D eigenvalue weighted by Gasteiger charge is 2.11. The number of nitrogens with one attached hydrogen (secondary N) is 1. The lowest BCUT2D eigenvalue weighted by molar-refractivity contribution is 0.0956. The van der Waals surface area contributed by atoms with Crippen LogP contribution in [-0.4, -0.2) is 23.7 Å². The number of amides is 1. The molecule has 0 spiro atoms. The Morgan fingerprint density at radius 2 is 1.90 bits per heavy atom. The summed E-state index contributed by atoms with van der Waals surface area (Å²) in [5.41, 5.74) is 5.60. The van der Waals surface area contributed by atoms with Crippen LogP contribution < -0.4 is 10.2 Å². The van der Waals surface area contributed by atoms with Crippen molar-refractivity contribution < 1.29 is 9.53 Å². The Kier molecular flexibility index (Phi) is 7.34. The van der Waals surface area contributed by atoms with Crippen LogP contribution in [0.3, 0.4) is 0 Å². The monoisotopic (exact) mass is 389 g/mol. The van der Waals surface area contributed by atoms with Crippen LogP contribution in [0, 0.1) is 6.92 Å². The number of hydrazone groups is 1. The summed E-state index contributed by atoms with van der Waals surface area (Å²) in [5, 5.41) is 4.95. The van der Waals surface area contributed by atoms with Crippen molar-refractivity contribution in [1.82, 2.24) is 10.4 Å².